The second kappa shape index (κ2) is 7.17. The van der Waals surface area contributed by atoms with Gasteiger partial charge in [-0.05, 0) is 24.5 Å². The summed E-state index contributed by atoms with van der Waals surface area (Å²) < 4.78 is 0. The summed E-state index contributed by atoms with van der Waals surface area (Å²) in [4.78, 5) is 16.1. The number of aliphatic hydroxyl groups is 1. The molecule has 0 aliphatic heterocycles. The number of hydrogen-bond donors (Lipinski definition) is 3. The van der Waals surface area contributed by atoms with Crippen molar-refractivity contribution in [3.63, 3.8) is 0 Å². The number of hydrogen-bond acceptors (Lipinski definition) is 4. The molecule has 1 aromatic carbocycles. The molecule has 0 spiro atoms. The molecule has 0 bridgehead atoms. The summed E-state index contributed by atoms with van der Waals surface area (Å²) in [6.07, 6.45) is -0.486. The quantitative estimate of drug-likeness (QED) is 0.759. The first kappa shape index (κ1) is 16.2. The Bertz CT molecular complexity index is 637. The zero-order valence-electron chi connectivity index (χ0n) is 13.1. The summed E-state index contributed by atoms with van der Waals surface area (Å²) in [6, 6.07) is 7.71. The van der Waals surface area contributed by atoms with Gasteiger partial charge < -0.3 is 10.4 Å². The number of carbonyl (C=O) groups is 1. The summed E-state index contributed by atoms with van der Waals surface area (Å²) in [7, 11) is 0. The number of aryl methyl sites for hydroxylation is 1. The molecule has 2 aromatic rings. The Balaban J connectivity index is 1.95. The molecule has 0 radical (unpaired) electrons. The third-order valence-electron chi connectivity index (χ3n) is 3.44. The molecule has 0 fully saturated rings. The smallest absolute Gasteiger partial charge is 0.222 e. The number of aromatic amines is 1. The predicted molar refractivity (Wildman–Crippen MR) is 83.9 cm³/mol. The molecule has 1 unspecified atom stereocenters. The zero-order chi connectivity index (χ0) is 16.1. The third kappa shape index (κ3) is 4.39. The van der Waals surface area contributed by atoms with Crippen LogP contribution in [-0.4, -0.2) is 32.3 Å². The average molecular weight is 302 g/mol. The van der Waals surface area contributed by atoms with Gasteiger partial charge in [0.2, 0.25) is 5.91 Å². The van der Waals surface area contributed by atoms with Crippen LogP contribution >= 0.6 is 0 Å². The maximum atomic E-state index is 11.8. The van der Waals surface area contributed by atoms with E-state index in [0.717, 1.165) is 17.0 Å². The normalized spacial score (nSPS) is 12.4. The van der Waals surface area contributed by atoms with E-state index < -0.39 is 6.10 Å². The van der Waals surface area contributed by atoms with Crippen LogP contribution in [0.25, 0.3) is 11.4 Å². The molecule has 0 aliphatic rings. The predicted octanol–water partition coefficient (Wildman–Crippen LogP) is 1.80. The molecular weight excluding hydrogens is 280 g/mol. The van der Waals surface area contributed by atoms with E-state index in [4.69, 9.17) is 0 Å². The second-order valence-electron chi connectivity index (χ2n) is 5.74. The number of aliphatic hydroxyl groups excluding tert-OH is 1. The van der Waals surface area contributed by atoms with Crippen molar-refractivity contribution in [3.05, 3.63) is 35.7 Å². The van der Waals surface area contributed by atoms with Crippen molar-refractivity contribution in [3.8, 4) is 11.4 Å². The summed E-state index contributed by atoms with van der Waals surface area (Å²) >= 11 is 0. The van der Waals surface area contributed by atoms with Gasteiger partial charge in [-0.1, -0.05) is 32.0 Å². The van der Waals surface area contributed by atoms with Crippen LogP contribution in [0.15, 0.2) is 24.3 Å². The van der Waals surface area contributed by atoms with Crippen molar-refractivity contribution in [2.75, 3.05) is 0 Å². The lowest BCUT2D eigenvalue weighted by Gasteiger charge is -2.14. The topological polar surface area (TPSA) is 90.9 Å². The SMILES string of the molecule is Cc1nc(-c2cccc(CNC(=O)CC(O)C(C)C)c2)n[nH]1. The lowest BCUT2D eigenvalue weighted by atomic mass is 10.0. The number of carbonyl (C=O) groups excluding carboxylic acids is 1. The van der Waals surface area contributed by atoms with Gasteiger partial charge in [0.1, 0.15) is 5.82 Å². The summed E-state index contributed by atoms with van der Waals surface area (Å²) in [5, 5.41) is 19.5. The van der Waals surface area contributed by atoms with Crippen molar-refractivity contribution in [2.45, 2.75) is 39.8 Å². The van der Waals surface area contributed by atoms with Gasteiger partial charge in [0.25, 0.3) is 0 Å². The molecule has 0 saturated heterocycles. The zero-order valence-corrected chi connectivity index (χ0v) is 13.1. The molecule has 1 amide bonds. The van der Waals surface area contributed by atoms with Gasteiger partial charge in [-0.15, -0.1) is 0 Å². The van der Waals surface area contributed by atoms with Crippen LogP contribution in [0.1, 0.15) is 31.7 Å². The number of benzene rings is 1. The minimum absolute atomic E-state index is 0.0723. The average Bonchev–Trinajstić information content (AvgIpc) is 2.92. The molecule has 0 aliphatic carbocycles. The number of nitrogens with zero attached hydrogens (tertiary/aromatic N) is 2. The van der Waals surface area contributed by atoms with Crippen LogP contribution in [0.5, 0.6) is 0 Å². The number of rotatable bonds is 6. The molecule has 118 valence electrons. The van der Waals surface area contributed by atoms with Crippen molar-refractivity contribution >= 4 is 5.91 Å². The lowest BCUT2D eigenvalue weighted by Crippen LogP contribution is -2.29. The molecular formula is C16H22N4O2. The fourth-order valence-corrected chi connectivity index (χ4v) is 1.99. The maximum absolute atomic E-state index is 11.8. The van der Waals surface area contributed by atoms with Crippen LogP contribution in [0, 0.1) is 12.8 Å². The van der Waals surface area contributed by atoms with Gasteiger partial charge in [0, 0.05) is 12.1 Å². The van der Waals surface area contributed by atoms with E-state index in [-0.39, 0.29) is 18.2 Å². The highest BCUT2D eigenvalue weighted by Gasteiger charge is 2.14. The van der Waals surface area contributed by atoms with Gasteiger partial charge in [-0.3, -0.25) is 9.89 Å². The molecule has 6 heteroatoms. The fourth-order valence-electron chi connectivity index (χ4n) is 1.99. The summed E-state index contributed by atoms with van der Waals surface area (Å²) in [5.41, 5.74) is 1.87. The Morgan fingerprint density at radius 1 is 1.41 bits per heavy atom. The maximum Gasteiger partial charge on any atom is 0.222 e. The minimum atomic E-state index is -0.609. The van der Waals surface area contributed by atoms with Crippen molar-refractivity contribution in [1.29, 1.82) is 0 Å². The van der Waals surface area contributed by atoms with Crippen LogP contribution < -0.4 is 5.32 Å². The monoisotopic (exact) mass is 302 g/mol. The number of nitrogens with one attached hydrogen (secondary N) is 2. The number of H-pyrrole nitrogens is 1. The van der Waals surface area contributed by atoms with Crippen LogP contribution in [0.4, 0.5) is 0 Å². The molecule has 3 N–H and O–H groups in total. The number of amides is 1. The first-order valence-electron chi connectivity index (χ1n) is 7.39. The van der Waals surface area contributed by atoms with E-state index in [1.54, 1.807) is 0 Å². The molecule has 1 heterocycles. The standard InChI is InChI=1S/C16H22N4O2/c1-10(2)14(21)8-15(22)17-9-12-5-4-6-13(7-12)16-18-11(3)19-20-16/h4-7,10,14,21H,8-9H2,1-3H3,(H,17,22)(H,18,19,20). The van der Waals surface area contributed by atoms with Gasteiger partial charge in [0.05, 0.1) is 12.5 Å². The Hall–Kier alpha value is -2.21. The minimum Gasteiger partial charge on any atom is -0.392 e. The van der Waals surface area contributed by atoms with Crippen LogP contribution in [-0.2, 0) is 11.3 Å². The highest BCUT2D eigenvalue weighted by Crippen LogP contribution is 2.16. The molecule has 6 nitrogen and oxygen atoms in total. The van der Waals surface area contributed by atoms with Gasteiger partial charge in [0.15, 0.2) is 5.82 Å². The van der Waals surface area contributed by atoms with Gasteiger partial charge >= 0.3 is 0 Å². The molecule has 1 aromatic heterocycles. The summed E-state index contributed by atoms with van der Waals surface area (Å²) in [6.45, 7) is 6.04. The molecule has 0 saturated carbocycles. The Morgan fingerprint density at radius 2 is 2.18 bits per heavy atom. The Labute approximate surface area is 130 Å². The van der Waals surface area contributed by atoms with Crippen LogP contribution in [0.2, 0.25) is 0 Å². The van der Waals surface area contributed by atoms with E-state index in [1.807, 2.05) is 45.0 Å². The highest BCUT2D eigenvalue weighted by atomic mass is 16.3. The fraction of sp³-hybridized carbons (Fsp3) is 0.438. The van der Waals surface area contributed by atoms with E-state index in [9.17, 15) is 9.90 Å². The Kier molecular flexibility index (Phi) is 5.27. The first-order valence-corrected chi connectivity index (χ1v) is 7.39. The van der Waals surface area contributed by atoms with Crippen molar-refractivity contribution in [1.82, 2.24) is 20.5 Å². The van der Waals surface area contributed by atoms with E-state index in [0.29, 0.717) is 12.4 Å². The number of aromatic nitrogens is 3. The summed E-state index contributed by atoms with van der Waals surface area (Å²) in [5.74, 6) is 1.32. The van der Waals surface area contributed by atoms with Crippen LogP contribution in [0.3, 0.4) is 0 Å². The Morgan fingerprint density at radius 3 is 2.82 bits per heavy atom. The van der Waals surface area contributed by atoms with Gasteiger partial charge in [-0.25, -0.2) is 4.98 Å². The molecule has 22 heavy (non-hydrogen) atoms. The highest BCUT2D eigenvalue weighted by molar-refractivity contribution is 5.76. The van der Waals surface area contributed by atoms with Crippen molar-refractivity contribution < 1.29 is 9.90 Å². The second-order valence-corrected chi connectivity index (χ2v) is 5.74. The van der Waals surface area contributed by atoms with E-state index in [2.05, 4.69) is 20.5 Å². The molecule has 2 rings (SSSR count). The first-order chi connectivity index (χ1) is 10.5. The van der Waals surface area contributed by atoms with E-state index >= 15 is 0 Å². The third-order valence-corrected chi connectivity index (χ3v) is 3.44. The van der Waals surface area contributed by atoms with Gasteiger partial charge in [-0.2, -0.15) is 5.10 Å². The van der Waals surface area contributed by atoms with Crippen molar-refractivity contribution in [2.24, 2.45) is 5.92 Å². The lowest BCUT2D eigenvalue weighted by molar-refractivity contribution is -0.123. The van der Waals surface area contributed by atoms with E-state index in [1.165, 1.54) is 0 Å². The molecule has 1 atom stereocenters. The largest absolute Gasteiger partial charge is 0.392 e.